The number of hydrogen-bond acceptors (Lipinski definition) is 8. The fraction of sp³-hybridized carbons (Fsp3) is 0.667. The predicted octanol–water partition coefficient (Wildman–Crippen LogP) is 7.81. The number of nitrogens with one attached hydrogen (secondary N) is 3. The summed E-state index contributed by atoms with van der Waals surface area (Å²) in [7, 11) is -3.95. The van der Waals surface area contributed by atoms with Crippen LogP contribution in [0.2, 0.25) is 0 Å². The van der Waals surface area contributed by atoms with Crippen LogP contribution in [0.25, 0.3) is 10.4 Å². The molecule has 0 aliphatic heterocycles. The van der Waals surface area contributed by atoms with E-state index in [0.717, 1.165) is 54.8 Å². The van der Waals surface area contributed by atoms with E-state index in [0.29, 0.717) is 29.7 Å². The molecule has 1 heterocycles. The van der Waals surface area contributed by atoms with Crippen LogP contribution in [0.3, 0.4) is 0 Å². The zero-order valence-corrected chi connectivity index (χ0v) is 29.1. The van der Waals surface area contributed by atoms with Gasteiger partial charge in [0.2, 0.25) is 10.0 Å². The molecule has 2 saturated carbocycles. The van der Waals surface area contributed by atoms with Gasteiger partial charge < -0.3 is 14.8 Å². The first-order valence-corrected chi connectivity index (χ1v) is 18.5. The van der Waals surface area contributed by atoms with Crippen LogP contribution in [0.1, 0.15) is 110 Å². The number of anilines is 1. The summed E-state index contributed by atoms with van der Waals surface area (Å²) in [4.78, 5) is 30.3. The Kier molecular flexibility index (Phi) is 11.9. The Morgan fingerprint density at radius 2 is 1.73 bits per heavy atom. The standard InChI is InChI=1S/C33H50N4O6S2/c1-21(2)43-32(39)35-25-14-12-23(13-15-25)30-34-19-28(44-30)27-17-16-26(18-29(27)45(40,41)37-33(4,5)6)36-31(38)42-20-24-11-9-7-8-10-22(24)3/h16-19,21-25,37H,7-15,20H2,1-6H3,(H,35,39)(H,36,38)/t22-,23?,24-,25?/m0/s1. The summed E-state index contributed by atoms with van der Waals surface area (Å²) < 4.78 is 40.9. The summed E-state index contributed by atoms with van der Waals surface area (Å²) in [6.07, 6.45) is 9.72. The molecule has 2 aromatic rings. The summed E-state index contributed by atoms with van der Waals surface area (Å²) in [5, 5.41) is 6.64. The van der Waals surface area contributed by atoms with Gasteiger partial charge in [-0.05, 0) is 90.7 Å². The van der Waals surface area contributed by atoms with E-state index in [1.165, 1.54) is 30.2 Å². The maximum Gasteiger partial charge on any atom is 0.411 e. The lowest BCUT2D eigenvalue weighted by Gasteiger charge is -2.28. The third-order valence-corrected chi connectivity index (χ3v) is 11.4. The summed E-state index contributed by atoms with van der Waals surface area (Å²) in [6.45, 7) is 11.6. The number of amides is 2. The second kappa shape index (κ2) is 15.3. The van der Waals surface area contributed by atoms with Crippen LogP contribution in [0.4, 0.5) is 15.3 Å². The van der Waals surface area contributed by atoms with Gasteiger partial charge in [-0.25, -0.2) is 27.7 Å². The van der Waals surface area contributed by atoms with Crippen molar-refractivity contribution >= 4 is 39.2 Å². The third kappa shape index (κ3) is 10.4. The largest absolute Gasteiger partial charge is 0.449 e. The second-order valence-corrected chi connectivity index (χ2v) is 16.6. The van der Waals surface area contributed by atoms with Crippen LogP contribution in [0.15, 0.2) is 29.3 Å². The van der Waals surface area contributed by atoms with Gasteiger partial charge in [0, 0.05) is 34.9 Å². The summed E-state index contributed by atoms with van der Waals surface area (Å²) in [5.41, 5.74) is 0.160. The maximum atomic E-state index is 13.7. The van der Waals surface area contributed by atoms with E-state index in [-0.39, 0.29) is 29.1 Å². The van der Waals surface area contributed by atoms with Crippen LogP contribution >= 0.6 is 11.3 Å². The van der Waals surface area contributed by atoms with Crippen molar-refractivity contribution in [3.8, 4) is 10.4 Å². The van der Waals surface area contributed by atoms with Crippen LogP contribution in [-0.2, 0) is 19.5 Å². The third-order valence-electron chi connectivity index (χ3n) is 8.46. The van der Waals surface area contributed by atoms with Crippen molar-refractivity contribution in [3.63, 3.8) is 0 Å². The maximum absolute atomic E-state index is 13.7. The fourth-order valence-corrected chi connectivity index (χ4v) is 9.00. The van der Waals surface area contributed by atoms with E-state index < -0.39 is 21.7 Å². The highest BCUT2D eigenvalue weighted by Crippen LogP contribution is 2.40. The first-order valence-electron chi connectivity index (χ1n) is 16.2. The molecule has 12 heteroatoms. The number of hydrogen-bond donors (Lipinski definition) is 3. The summed E-state index contributed by atoms with van der Waals surface area (Å²) in [6, 6.07) is 4.98. The molecule has 0 radical (unpaired) electrons. The molecule has 0 spiro atoms. The van der Waals surface area contributed by atoms with Gasteiger partial charge in [-0.3, -0.25) is 5.32 Å². The van der Waals surface area contributed by atoms with Gasteiger partial charge in [0.15, 0.2) is 0 Å². The number of carbonyl (C=O) groups excluding carboxylic acids is 2. The smallest absolute Gasteiger partial charge is 0.411 e. The Labute approximate surface area is 272 Å². The Hall–Kier alpha value is -2.70. The molecule has 0 unspecified atom stereocenters. The van der Waals surface area contributed by atoms with Crippen LogP contribution < -0.4 is 15.4 Å². The monoisotopic (exact) mass is 662 g/mol. The van der Waals surface area contributed by atoms with Crippen molar-refractivity contribution in [3.05, 3.63) is 29.4 Å². The number of sulfonamides is 1. The van der Waals surface area contributed by atoms with Gasteiger partial charge >= 0.3 is 12.2 Å². The number of rotatable bonds is 9. The van der Waals surface area contributed by atoms with Crippen molar-refractivity contribution in [2.45, 2.75) is 128 Å². The molecule has 3 N–H and O–H groups in total. The predicted molar refractivity (Wildman–Crippen MR) is 178 cm³/mol. The number of alkyl carbamates (subject to hydrolysis) is 1. The highest BCUT2D eigenvalue weighted by molar-refractivity contribution is 7.89. The Morgan fingerprint density at radius 1 is 1.02 bits per heavy atom. The topological polar surface area (TPSA) is 136 Å². The second-order valence-electron chi connectivity index (χ2n) is 13.9. The van der Waals surface area contributed by atoms with Crippen LogP contribution in [-0.4, -0.2) is 49.9 Å². The summed E-state index contributed by atoms with van der Waals surface area (Å²) >= 11 is 1.48. The minimum Gasteiger partial charge on any atom is -0.449 e. The molecule has 2 aliphatic carbocycles. The van der Waals surface area contributed by atoms with Crippen molar-refractivity contribution < 1.29 is 27.5 Å². The Bertz CT molecular complexity index is 1410. The lowest BCUT2D eigenvalue weighted by molar-refractivity contribution is 0.109. The number of benzene rings is 1. The quantitative estimate of drug-likeness (QED) is 0.233. The fourth-order valence-electron chi connectivity index (χ4n) is 6.14. The molecule has 2 aliphatic rings. The SMILES string of the molecule is CC(C)OC(=O)NC1CCC(c2ncc(-c3ccc(NC(=O)OC[C@@H]4CCCCC[C@@H]4C)cc3S(=O)(=O)NC(C)(C)C)s2)CC1. The Morgan fingerprint density at radius 3 is 2.42 bits per heavy atom. The molecule has 0 bridgehead atoms. The zero-order chi connectivity index (χ0) is 32.8. The molecule has 45 heavy (non-hydrogen) atoms. The van der Waals surface area contributed by atoms with Crippen molar-refractivity contribution in [2.24, 2.45) is 11.8 Å². The van der Waals surface area contributed by atoms with Gasteiger partial charge in [0.1, 0.15) is 0 Å². The first-order chi connectivity index (χ1) is 21.2. The molecule has 250 valence electrons. The molecule has 10 nitrogen and oxygen atoms in total. The van der Waals surface area contributed by atoms with Gasteiger partial charge in [0.25, 0.3) is 0 Å². The number of carbonyl (C=O) groups is 2. The van der Waals surface area contributed by atoms with Gasteiger partial charge in [-0.15, -0.1) is 11.3 Å². The lowest BCUT2D eigenvalue weighted by atomic mass is 9.86. The van der Waals surface area contributed by atoms with Gasteiger partial charge in [-0.1, -0.05) is 38.7 Å². The molecule has 4 rings (SSSR count). The minimum absolute atomic E-state index is 0.0643. The molecule has 2 atom stereocenters. The molecule has 1 aromatic heterocycles. The number of ether oxygens (including phenoxy) is 2. The highest BCUT2D eigenvalue weighted by Gasteiger charge is 2.29. The Balaban J connectivity index is 1.48. The molecular formula is C33H50N4O6S2. The minimum atomic E-state index is -3.95. The molecular weight excluding hydrogens is 613 g/mol. The van der Waals surface area contributed by atoms with Crippen molar-refractivity contribution in [1.29, 1.82) is 0 Å². The lowest BCUT2D eigenvalue weighted by Crippen LogP contribution is -2.40. The van der Waals surface area contributed by atoms with E-state index in [4.69, 9.17) is 14.5 Å². The van der Waals surface area contributed by atoms with E-state index in [1.807, 2.05) is 13.8 Å². The summed E-state index contributed by atoms with van der Waals surface area (Å²) in [5.74, 6) is 1.06. The number of thiazole rings is 1. The first kappa shape index (κ1) is 35.2. The average Bonchev–Trinajstić information content (AvgIpc) is 3.34. The van der Waals surface area contributed by atoms with Crippen molar-refractivity contribution in [1.82, 2.24) is 15.0 Å². The molecule has 2 amide bonds. The number of nitrogens with zero attached hydrogens (tertiary/aromatic N) is 1. The normalized spacial score (nSPS) is 22.8. The number of aromatic nitrogens is 1. The van der Waals surface area contributed by atoms with E-state index in [2.05, 4.69) is 22.3 Å². The van der Waals surface area contributed by atoms with Crippen LogP contribution in [0, 0.1) is 11.8 Å². The van der Waals surface area contributed by atoms with E-state index >= 15 is 0 Å². The van der Waals surface area contributed by atoms with E-state index in [1.54, 1.807) is 39.1 Å². The molecule has 0 saturated heterocycles. The van der Waals surface area contributed by atoms with Crippen molar-refractivity contribution in [2.75, 3.05) is 11.9 Å². The van der Waals surface area contributed by atoms with Gasteiger partial charge in [-0.2, -0.15) is 0 Å². The molecule has 2 fully saturated rings. The highest BCUT2D eigenvalue weighted by atomic mass is 32.2. The van der Waals surface area contributed by atoms with Gasteiger partial charge in [0.05, 0.1) is 27.5 Å². The molecule has 1 aromatic carbocycles. The van der Waals surface area contributed by atoms with E-state index in [9.17, 15) is 18.0 Å². The van der Waals surface area contributed by atoms with Crippen LogP contribution in [0.5, 0.6) is 0 Å². The zero-order valence-electron chi connectivity index (χ0n) is 27.5. The average molecular weight is 663 g/mol.